The van der Waals surface area contributed by atoms with Gasteiger partial charge in [0.1, 0.15) is 12.6 Å². The molecule has 0 aromatic rings. The number of hydrogen-bond acceptors (Lipinski definition) is 3. The van der Waals surface area contributed by atoms with Gasteiger partial charge >= 0.3 is 0 Å². The first-order chi connectivity index (χ1) is 8.43. The van der Waals surface area contributed by atoms with Crippen molar-refractivity contribution < 1.29 is 9.53 Å². The zero-order valence-corrected chi connectivity index (χ0v) is 12.2. The zero-order valence-electron chi connectivity index (χ0n) is 12.2. The molecule has 1 rings (SSSR count). The lowest BCUT2D eigenvalue weighted by Crippen LogP contribution is -2.44. The molecule has 1 aliphatic rings. The fourth-order valence-corrected chi connectivity index (χ4v) is 2.17. The number of aliphatic imine (C=N–C) groups is 1. The van der Waals surface area contributed by atoms with Crippen LogP contribution in [0.25, 0.3) is 0 Å². The third kappa shape index (κ3) is 4.31. The highest BCUT2D eigenvalue weighted by Gasteiger charge is 2.30. The Bertz CT molecular complexity index is 313. The van der Waals surface area contributed by atoms with Crippen molar-refractivity contribution in [2.24, 2.45) is 16.8 Å². The Balaban J connectivity index is 2.71. The van der Waals surface area contributed by atoms with E-state index in [1.54, 1.807) is 0 Å². The van der Waals surface area contributed by atoms with Gasteiger partial charge in [-0.3, -0.25) is 4.79 Å². The van der Waals surface area contributed by atoms with Crippen LogP contribution in [-0.2, 0) is 9.53 Å². The smallest absolute Gasteiger partial charge is 0.217 e. The second-order valence-corrected chi connectivity index (χ2v) is 5.63. The number of rotatable bonds is 6. The van der Waals surface area contributed by atoms with Crippen LogP contribution in [0.3, 0.4) is 0 Å². The zero-order chi connectivity index (χ0) is 13.7. The molecule has 4 heteroatoms. The second-order valence-electron chi connectivity index (χ2n) is 5.63. The lowest BCUT2D eigenvalue weighted by molar-refractivity contribution is -0.119. The average Bonchev–Trinajstić information content (AvgIpc) is 2.72. The third-order valence-corrected chi connectivity index (χ3v) is 3.31. The van der Waals surface area contributed by atoms with Crippen LogP contribution in [0.1, 0.15) is 47.5 Å². The Hall–Kier alpha value is -1.06. The van der Waals surface area contributed by atoms with E-state index < -0.39 is 0 Å². The molecule has 0 radical (unpaired) electrons. The fraction of sp³-hybridized carbons (Fsp3) is 0.857. The van der Waals surface area contributed by atoms with E-state index in [2.05, 4.69) is 38.0 Å². The molecule has 0 bridgehead atoms. The van der Waals surface area contributed by atoms with E-state index in [1.807, 2.05) is 0 Å². The SMILES string of the molecule is CCC(C)C(NC(C)=O)C1=N[C@H](CC(C)C)CO1. The monoisotopic (exact) mass is 254 g/mol. The van der Waals surface area contributed by atoms with E-state index in [4.69, 9.17) is 4.74 Å². The third-order valence-electron chi connectivity index (χ3n) is 3.31. The Labute approximate surface area is 110 Å². The molecule has 3 atom stereocenters. The molecule has 0 aromatic heterocycles. The maximum absolute atomic E-state index is 11.3. The summed E-state index contributed by atoms with van der Waals surface area (Å²) in [5, 5.41) is 2.95. The molecule has 1 N–H and O–H groups in total. The standard InChI is InChI=1S/C14H26N2O2/c1-6-10(4)13(15-11(5)17)14-16-12(8-18-14)7-9(2)3/h9-10,12-13H,6-8H2,1-5H3,(H,15,17)/t10?,12-,13?/m1/s1. The maximum Gasteiger partial charge on any atom is 0.217 e. The molecule has 4 nitrogen and oxygen atoms in total. The average molecular weight is 254 g/mol. The van der Waals surface area contributed by atoms with Crippen LogP contribution in [0.4, 0.5) is 0 Å². The van der Waals surface area contributed by atoms with Crippen molar-refractivity contribution in [1.29, 1.82) is 0 Å². The number of hydrogen-bond donors (Lipinski definition) is 1. The minimum absolute atomic E-state index is 0.0288. The van der Waals surface area contributed by atoms with Gasteiger partial charge in [-0.25, -0.2) is 4.99 Å². The van der Waals surface area contributed by atoms with Gasteiger partial charge in [0.2, 0.25) is 11.8 Å². The molecule has 0 aliphatic carbocycles. The van der Waals surface area contributed by atoms with Gasteiger partial charge in [0, 0.05) is 6.92 Å². The minimum atomic E-state index is -0.0790. The topological polar surface area (TPSA) is 50.7 Å². The molecule has 1 aliphatic heterocycles. The summed E-state index contributed by atoms with van der Waals surface area (Å²) in [6.45, 7) is 10.8. The summed E-state index contributed by atoms with van der Waals surface area (Å²) in [5.41, 5.74) is 0. The van der Waals surface area contributed by atoms with E-state index in [-0.39, 0.29) is 18.0 Å². The first kappa shape index (κ1) is 15.0. The van der Waals surface area contributed by atoms with Crippen molar-refractivity contribution in [1.82, 2.24) is 5.32 Å². The van der Waals surface area contributed by atoms with Gasteiger partial charge in [-0.1, -0.05) is 34.1 Å². The van der Waals surface area contributed by atoms with Crippen molar-refractivity contribution in [3.8, 4) is 0 Å². The van der Waals surface area contributed by atoms with Crippen LogP contribution >= 0.6 is 0 Å². The number of carbonyl (C=O) groups excluding carboxylic acids is 1. The second kappa shape index (κ2) is 6.76. The van der Waals surface area contributed by atoms with Crippen molar-refractivity contribution in [2.75, 3.05) is 6.61 Å². The summed E-state index contributed by atoms with van der Waals surface area (Å²) in [5.74, 6) is 1.64. The number of ether oxygens (including phenoxy) is 1. The molecule has 104 valence electrons. The maximum atomic E-state index is 11.3. The van der Waals surface area contributed by atoms with Gasteiger partial charge in [-0.15, -0.1) is 0 Å². The van der Waals surface area contributed by atoms with Crippen LogP contribution in [0.5, 0.6) is 0 Å². The number of nitrogens with one attached hydrogen (secondary N) is 1. The van der Waals surface area contributed by atoms with Gasteiger partial charge in [-0.05, 0) is 18.3 Å². The fourth-order valence-electron chi connectivity index (χ4n) is 2.17. The summed E-state index contributed by atoms with van der Waals surface area (Å²) < 4.78 is 5.69. The first-order valence-electron chi connectivity index (χ1n) is 6.91. The normalized spacial score (nSPS) is 22.3. The van der Waals surface area contributed by atoms with Crippen LogP contribution in [0.15, 0.2) is 4.99 Å². The van der Waals surface area contributed by atoms with Crippen LogP contribution in [0.2, 0.25) is 0 Å². The van der Waals surface area contributed by atoms with Gasteiger partial charge in [0.15, 0.2) is 0 Å². The molecule has 0 spiro atoms. The largest absolute Gasteiger partial charge is 0.477 e. The Morgan fingerprint density at radius 2 is 2.17 bits per heavy atom. The summed E-state index contributed by atoms with van der Waals surface area (Å²) in [7, 11) is 0. The molecule has 18 heavy (non-hydrogen) atoms. The predicted molar refractivity (Wildman–Crippen MR) is 73.7 cm³/mol. The van der Waals surface area contributed by atoms with E-state index in [0.717, 1.165) is 12.8 Å². The van der Waals surface area contributed by atoms with Gasteiger partial charge in [0.25, 0.3) is 0 Å². The highest BCUT2D eigenvalue weighted by molar-refractivity contribution is 5.88. The Kier molecular flexibility index (Phi) is 5.63. The van der Waals surface area contributed by atoms with E-state index in [1.165, 1.54) is 6.92 Å². The van der Waals surface area contributed by atoms with Crippen molar-refractivity contribution in [3.05, 3.63) is 0 Å². The van der Waals surface area contributed by atoms with Crippen molar-refractivity contribution >= 4 is 11.8 Å². The highest BCUT2D eigenvalue weighted by Crippen LogP contribution is 2.19. The Morgan fingerprint density at radius 3 is 2.67 bits per heavy atom. The Morgan fingerprint density at radius 1 is 1.50 bits per heavy atom. The van der Waals surface area contributed by atoms with Crippen LogP contribution in [0, 0.1) is 11.8 Å². The molecule has 2 unspecified atom stereocenters. The number of amides is 1. The molecular weight excluding hydrogens is 228 g/mol. The lowest BCUT2D eigenvalue weighted by Gasteiger charge is -2.22. The lowest BCUT2D eigenvalue weighted by atomic mass is 9.99. The van der Waals surface area contributed by atoms with E-state index >= 15 is 0 Å². The van der Waals surface area contributed by atoms with Crippen LogP contribution in [-0.4, -0.2) is 30.5 Å². The quantitative estimate of drug-likeness (QED) is 0.791. The first-order valence-corrected chi connectivity index (χ1v) is 6.91. The minimum Gasteiger partial charge on any atom is -0.477 e. The molecule has 0 fully saturated rings. The number of nitrogens with zero attached hydrogens (tertiary/aromatic N) is 1. The molecule has 0 aromatic carbocycles. The van der Waals surface area contributed by atoms with Crippen LogP contribution < -0.4 is 5.32 Å². The summed E-state index contributed by atoms with van der Waals surface area (Å²) >= 11 is 0. The van der Waals surface area contributed by atoms with Gasteiger partial charge < -0.3 is 10.1 Å². The molecule has 0 saturated heterocycles. The molecule has 1 heterocycles. The number of carbonyl (C=O) groups is 1. The predicted octanol–water partition coefficient (Wildman–Crippen LogP) is 2.38. The summed E-state index contributed by atoms with van der Waals surface area (Å²) in [6.07, 6.45) is 2.03. The van der Waals surface area contributed by atoms with Gasteiger partial charge in [0.05, 0.1) is 6.04 Å². The van der Waals surface area contributed by atoms with E-state index in [0.29, 0.717) is 24.3 Å². The molecule has 1 amide bonds. The van der Waals surface area contributed by atoms with E-state index in [9.17, 15) is 4.79 Å². The molecular formula is C14H26N2O2. The summed E-state index contributed by atoms with van der Waals surface area (Å²) in [6, 6.07) is 0.171. The summed E-state index contributed by atoms with van der Waals surface area (Å²) in [4.78, 5) is 15.9. The van der Waals surface area contributed by atoms with Gasteiger partial charge in [-0.2, -0.15) is 0 Å². The van der Waals surface area contributed by atoms with Crippen molar-refractivity contribution in [3.63, 3.8) is 0 Å². The molecule has 0 saturated carbocycles. The highest BCUT2D eigenvalue weighted by atomic mass is 16.5. The van der Waals surface area contributed by atoms with Crippen molar-refractivity contribution in [2.45, 2.75) is 59.5 Å².